The maximum absolute atomic E-state index is 5.99. The molecule has 1 aliphatic heterocycles. The van der Waals surface area contributed by atoms with Crippen molar-refractivity contribution in [2.45, 2.75) is 39.7 Å². The molecule has 1 fully saturated rings. The zero-order valence-corrected chi connectivity index (χ0v) is 15.6. The molecule has 0 amide bonds. The van der Waals surface area contributed by atoms with Crippen LogP contribution in [-0.4, -0.2) is 38.8 Å². The average Bonchev–Trinajstić information content (AvgIpc) is 2.38. The summed E-state index contributed by atoms with van der Waals surface area (Å²) in [5, 5.41) is 6.58. The van der Waals surface area contributed by atoms with Crippen LogP contribution in [0.1, 0.15) is 33.6 Å². The molecule has 1 rings (SSSR count). The number of hydrogen-bond acceptors (Lipinski definition) is 2. The molecule has 4 nitrogen and oxygen atoms in total. The fourth-order valence-electron chi connectivity index (χ4n) is 2.63. The Morgan fingerprint density at radius 3 is 2.65 bits per heavy atom. The molecule has 20 heavy (non-hydrogen) atoms. The second-order valence-electron chi connectivity index (χ2n) is 6.18. The molecule has 2 N–H and O–H groups in total. The van der Waals surface area contributed by atoms with Crippen LogP contribution in [0.4, 0.5) is 0 Å². The van der Waals surface area contributed by atoms with Gasteiger partial charge in [-0.2, -0.15) is 0 Å². The van der Waals surface area contributed by atoms with Gasteiger partial charge in [-0.1, -0.05) is 26.8 Å². The van der Waals surface area contributed by atoms with E-state index in [0.717, 1.165) is 32.1 Å². The number of guanidine groups is 1. The van der Waals surface area contributed by atoms with Gasteiger partial charge in [-0.05, 0) is 18.3 Å². The Morgan fingerprint density at radius 2 is 2.10 bits per heavy atom. The van der Waals surface area contributed by atoms with E-state index in [1.165, 1.54) is 6.42 Å². The Kier molecular flexibility index (Phi) is 9.46. The molecular formula is C15H30IN3O. The lowest BCUT2D eigenvalue weighted by Gasteiger charge is -2.40. The first-order valence-electron chi connectivity index (χ1n) is 7.16. The van der Waals surface area contributed by atoms with E-state index >= 15 is 0 Å². The van der Waals surface area contributed by atoms with E-state index < -0.39 is 0 Å². The first kappa shape index (κ1) is 19.7. The number of ether oxygens (including phenoxy) is 1. The van der Waals surface area contributed by atoms with Gasteiger partial charge < -0.3 is 15.4 Å². The molecule has 1 saturated heterocycles. The summed E-state index contributed by atoms with van der Waals surface area (Å²) in [6.45, 7) is 13.0. The number of aliphatic imine (C=N–C) groups is 1. The largest absolute Gasteiger partial charge is 0.377 e. The molecule has 0 radical (unpaired) electrons. The van der Waals surface area contributed by atoms with Crippen molar-refractivity contribution in [2.24, 2.45) is 16.3 Å². The van der Waals surface area contributed by atoms with Crippen LogP contribution in [0.5, 0.6) is 0 Å². The van der Waals surface area contributed by atoms with E-state index in [-0.39, 0.29) is 29.4 Å². The number of halogens is 1. The third-order valence-corrected chi connectivity index (χ3v) is 3.47. The summed E-state index contributed by atoms with van der Waals surface area (Å²) in [5.74, 6) is 1.37. The Morgan fingerprint density at radius 1 is 1.40 bits per heavy atom. The second-order valence-corrected chi connectivity index (χ2v) is 6.18. The van der Waals surface area contributed by atoms with Gasteiger partial charge in [0.15, 0.2) is 5.96 Å². The van der Waals surface area contributed by atoms with Gasteiger partial charge in [0, 0.05) is 32.7 Å². The predicted octanol–water partition coefficient (Wildman–Crippen LogP) is 2.80. The molecule has 1 aliphatic rings. The monoisotopic (exact) mass is 395 g/mol. The third kappa shape index (κ3) is 6.43. The van der Waals surface area contributed by atoms with Crippen LogP contribution in [0.15, 0.2) is 17.6 Å². The first-order valence-corrected chi connectivity index (χ1v) is 7.16. The molecule has 0 aromatic carbocycles. The zero-order valence-electron chi connectivity index (χ0n) is 13.2. The van der Waals surface area contributed by atoms with Crippen LogP contribution < -0.4 is 10.6 Å². The van der Waals surface area contributed by atoms with Gasteiger partial charge >= 0.3 is 0 Å². The summed E-state index contributed by atoms with van der Waals surface area (Å²) in [4.78, 5) is 4.20. The molecule has 0 aliphatic carbocycles. The fourth-order valence-corrected chi connectivity index (χ4v) is 2.63. The summed E-state index contributed by atoms with van der Waals surface area (Å²) in [6, 6.07) is 0. The highest BCUT2D eigenvalue weighted by Crippen LogP contribution is 2.33. The smallest absolute Gasteiger partial charge is 0.191 e. The van der Waals surface area contributed by atoms with E-state index in [2.05, 4.69) is 43.0 Å². The summed E-state index contributed by atoms with van der Waals surface area (Å²) in [5.41, 5.74) is 0.185. The SMILES string of the molecule is C=CCNC(=NC)NCC1CCCOC1C(C)(C)C.I. The molecule has 1 heterocycles. The molecule has 0 spiro atoms. The highest BCUT2D eigenvalue weighted by atomic mass is 127. The summed E-state index contributed by atoms with van der Waals surface area (Å²) in [7, 11) is 1.79. The predicted molar refractivity (Wildman–Crippen MR) is 96.9 cm³/mol. The van der Waals surface area contributed by atoms with E-state index in [1.807, 2.05) is 6.08 Å². The van der Waals surface area contributed by atoms with Crippen LogP contribution in [0.2, 0.25) is 0 Å². The molecule has 0 bridgehead atoms. The lowest BCUT2D eigenvalue weighted by molar-refractivity contribution is -0.0835. The Labute approximate surface area is 140 Å². The first-order chi connectivity index (χ1) is 8.99. The average molecular weight is 395 g/mol. The highest BCUT2D eigenvalue weighted by Gasteiger charge is 2.35. The normalized spacial score (nSPS) is 23.7. The molecule has 5 heteroatoms. The minimum absolute atomic E-state index is 0. The van der Waals surface area contributed by atoms with Crippen molar-refractivity contribution in [3.8, 4) is 0 Å². The van der Waals surface area contributed by atoms with Gasteiger partial charge in [-0.15, -0.1) is 30.6 Å². The maximum atomic E-state index is 5.99. The van der Waals surface area contributed by atoms with Gasteiger partial charge in [-0.25, -0.2) is 0 Å². The Balaban J connectivity index is 0.00000361. The topological polar surface area (TPSA) is 45.7 Å². The lowest BCUT2D eigenvalue weighted by Crippen LogP contribution is -2.47. The number of nitrogens with zero attached hydrogens (tertiary/aromatic N) is 1. The van der Waals surface area contributed by atoms with E-state index in [0.29, 0.717) is 12.0 Å². The van der Waals surface area contributed by atoms with Crippen LogP contribution in [-0.2, 0) is 4.74 Å². The number of nitrogens with one attached hydrogen (secondary N) is 2. The van der Waals surface area contributed by atoms with Crippen LogP contribution in [0, 0.1) is 11.3 Å². The van der Waals surface area contributed by atoms with Crippen molar-refractivity contribution >= 4 is 29.9 Å². The zero-order chi connectivity index (χ0) is 14.3. The molecule has 0 aromatic heterocycles. The number of rotatable bonds is 4. The summed E-state index contributed by atoms with van der Waals surface area (Å²) >= 11 is 0. The van der Waals surface area contributed by atoms with Crippen molar-refractivity contribution in [3.63, 3.8) is 0 Å². The van der Waals surface area contributed by atoms with Crippen molar-refractivity contribution in [3.05, 3.63) is 12.7 Å². The highest BCUT2D eigenvalue weighted by molar-refractivity contribution is 14.0. The van der Waals surface area contributed by atoms with Gasteiger partial charge in [0.2, 0.25) is 0 Å². The van der Waals surface area contributed by atoms with Gasteiger partial charge in [0.1, 0.15) is 0 Å². The minimum Gasteiger partial charge on any atom is -0.377 e. The maximum Gasteiger partial charge on any atom is 0.191 e. The van der Waals surface area contributed by atoms with E-state index in [1.54, 1.807) is 7.05 Å². The van der Waals surface area contributed by atoms with Crippen LogP contribution in [0.3, 0.4) is 0 Å². The molecule has 0 aromatic rings. The third-order valence-electron chi connectivity index (χ3n) is 3.47. The molecular weight excluding hydrogens is 365 g/mol. The van der Waals surface area contributed by atoms with Gasteiger partial charge in [-0.3, -0.25) is 4.99 Å². The van der Waals surface area contributed by atoms with Crippen molar-refractivity contribution in [2.75, 3.05) is 26.7 Å². The molecule has 0 saturated carbocycles. The Hall–Kier alpha value is -0.300. The summed E-state index contributed by atoms with van der Waals surface area (Å²) < 4.78 is 5.99. The standard InChI is InChI=1S/C15H29N3O.HI/c1-6-9-17-14(16-5)18-11-12-8-7-10-19-13(12)15(2,3)4;/h6,12-13H,1,7-11H2,2-5H3,(H2,16,17,18);1H. The van der Waals surface area contributed by atoms with E-state index in [9.17, 15) is 0 Å². The van der Waals surface area contributed by atoms with Crippen molar-refractivity contribution in [1.29, 1.82) is 0 Å². The molecule has 118 valence electrons. The lowest BCUT2D eigenvalue weighted by atomic mass is 9.78. The van der Waals surface area contributed by atoms with Crippen LogP contribution in [0.25, 0.3) is 0 Å². The quantitative estimate of drug-likeness (QED) is 0.333. The molecule has 2 unspecified atom stereocenters. The minimum atomic E-state index is 0. The molecule has 2 atom stereocenters. The second kappa shape index (κ2) is 9.60. The van der Waals surface area contributed by atoms with Crippen molar-refractivity contribution < 1.29 is 4.74 Å². The van der Waals surface area contributed by atoms with Crippen molar-refractivity contribution in [1.82, 2.24) is 10.6 Å². The Bertz CT molecular complexity index is 313. The number of hydrogen-bond donors (Lipinski definition) is 2. The van der Waals surface area contributed by atoms with Gasteiger partial charge in [0.25, 0.3) is 0 Å². The van der Waals surface area contributed by atoms with E-state index in [4.69, 9.17) is 4.74 Å². The van der Waals surface area contributed by atoms with Gasteiger partial charge in [0.05, 0.1) is 6.10 Å². The summed E-state index contributed by atoms with van der Waals surface area (Å²) in [6.07, 6.45) is 4.51. The van der Waals surface area contributed by atoms with Crippen LogP contribution >= 0.6 is 24.0 Å². The fraction of sp³-hybridized carbons (Fsp3) is 0.800.